The van der Waals surface area contributed by atoms with Gasteiger partial charge in [0.25, 0.3) is 0 Å². The van der Waals surface area contributed by atoms with Crippen molar-refractivity contribution in [3.63, 3.8) is 0 Å². The molecule has 1 rings (SSSR count). The zero-order chi connectivity index (χ0) is 12.5. The standard InChI is InChI=1S/C13H18N2O2/c1-2-12(16)10-15-9-11-3-5-13(6-4-11)17-8-7-14/h3-6,12,15-16H,2,8-10H2,1H3. The number of ether oxygens (including phenoxy) is 1. The molecule has 0 aliphatic heterocycles. The van der Waals surface area contributed by atoms with Gasteiger partial charge in [-0.05, 0) is 24.1 Å². The Morgan fingerprint density at radius 1 is 1.41 bits per heavy atom. The quantitative estimate of drug-likeness (QED) is 0.749. The van der Waals surface area contributed by atoms with E-state index in [9.17, 15) is 5.11 Å². The number of nitrogens with zero attached hydrogens (tertiary/aromatic N) is 1. The van der Waals surface area contributed by atoms with Crippen LogP contribution in [0.3, 0.4) is 0 Å². The van der Waals surface area contributed by atoms with Crippen molar-refractivity contribution >= 4 is 0 Å². The van der Waals surface area contributed by atoms with Crippen LogP contribution in [0.2, 0.25) is 0 Å². The lowest BCUT2D eigenvalue weighted by molar-refractivity contribution is 0.167. The first-order chi connectivity index (χ1) is 8.26. The molecule has 1 aromatic carbocycles. The predicted molar refractivity (Wildman–Crippen MR) is 65.6 cm³/mol. The van der Waals surface area contributed by atoms with Crippen LogP contribution in [0, 0.1) is 11.3 Å². The number of hydrogen-bond acceptors (Lipinski definition) is 4. The molecule has 4 heteroatoms. The van der Waals surface area contributed by atoms with Crippen LogP contribution in [-0.2, 0) is 6.54 Å². The second kappa shape index (κ2) is 7.66. The average Bonchev–Trinajstić information content (AvgIpc) is 2.37. The average molecular weight is 234 g/mol. The minimum atomic E-state index is -0.284. The highest BCUT2D eigenvalue weighted by atomic mass is 16.5. The van der Waals surface area contributed by atoms with Gasteiger partial charge in [-0.2, -0.15) is 5.26 Å². The number of rotatable bonds is 7. The summed E-state index contributed by atoms with van der Waals surface area (Å²) in [6.45, 7) is 3.34. The summed E-state index contributed by atoms with van der Waals surface area (Å²) in [6.07, 6.45) is 0.474. The van der Waals surface area contributed by atoms with Crippen LogP contribution in [0.15, 0.2) is 24.3 Å². The van der Waals surface area contributed by atoms with Gasteiger partial charge in [0.2, 0.25) is 0 Å². The summed E-state index contributed by atoms with van der Waals surface area (Å²) in [4.78, 5) is 0. The molecule has 0 aliphatic carbocycles. The molecule has 1 atom stereocenters. The molecule has 0 spiro atoms. The number of aliphatic hydroxyl groups is 1. The van der Waals surface area contributed by atoms with Crippen molar-refractivity contribution in [2.45, 2.75) is 26.0 Å². The van der Waals surface area contributed by atoms with Gasteiger partial charge in [-0.25, -0.2) is 0 Å². The van der Waals surface area contributed by atoms with E-state index < -0.39 is 0 Å². The molecule has 1 unspecified atom stereocenters. The summed E-state index contributed by atoms with van der Waals surface area (Å²) in [6, 6.07) is 9.48. The highest BCUT2D eigenvalue weighted by Gasteiger charge is 2.00. The third kappa shape index (κ3) is 5.34. The van der Waals surface area contributed by atoms with Gasteiger partial charge < -0.3 is 15.2 Å². The molecule has 2 N–H and O–H groups in total. The molecule has 1 aromatic rings. The summed E-state index contributed by atoms with van der Waals surface area (Å²) in [7, 11) is 0. The predicted octanol–water partition coefficient (Wildman–Crippen LogP) is 1.45. The summed E-state index contributed by atoms with van der Waals surface area (Å²) in [5.74, 6) is 0.698. The molecular weight excluding hydrogens is 216 g/mol. The van der Waals surface area contributed by atoms with E-state index in [2.05, 4.69) is 5.32 Å². The lowest BCUT2D eigenvalue weighted by Gasteiger charge is -2.09. The van der Waals surface area contributed by atoms with E-state index in [4.69, 9.17) is 10.00 Å². The number of hydrogen-bond donors (Lipinski definition) is 2. The maximum Gasteiger partial charge on any atom is 0.174 e. The molecule has 4 nitrogen and oxygen atoms in total. The first-order valence-corrected chi connectivity index (χ1v) is 5.73. The Bertz CT molecular complexity index is 357. The summed E-state index contributed by atoms with van der Waals surface area (Å²) >= 11 is 0. The first kappa shape index (κ1) is 13.5. The second-order valence-corrected chi connectivity index (χ2v) is 3.78. The third-order valence-corrected chi connectivity index (χ3v) is 2.41. The number of benzene rings is 1. The van der Waals surface area contributed by atoms with E-state index in [1.807, 2.05) is 37.3 Å². The van der Waals surface area contributed by atoms with Gasteiger partial charge in [-0.1, -0.05) is 19.1 Å². The maximum atomic E-state index is 9.36. The third-order valence-electron chi connectivity index (χ3n) is 2.41. The summed E-state index contributed by atoms with van der Waals surface area (Å²) in [5, 5.41) is 20.9. The van der Waals surface area contributed by atoms with Crippen molar-refractivity contribution in [3.8, 4) is 11.8 Å². The Morgan fingerprint density at radius 2 is 2.12 bits per heavy atom. The van der Waals surface area contributed by atoms with Crippen LogP contribution in [0.25, 0.3) is 0 Å². The maximum absolute atomic E-state index is 9.36. The first-order valence-electron chi connectivity index (χ1n) is 5.73. The molecule has 0 radical (unpaired) electrons. The van der Waals surface area contributed by atoms with Crippen LogP contribution in [0.4, 0.5) is 0 Å². The molecule has 0 fully saturated rings. The van der Waals surface area contributed by atoms with Crippen LogP contribution >= 0.6 is 0 Å². The molecule has 0 aromatic heterocycles. The molecular formula is C13H18N2O2. The van der Waals surface area contributed by atoms with Gasteiger partial charge in [-0.15, -0.1) is 0 Å². The number of aliphatic hydroxyl groups excluding tert-OH is 1. The lowest BCUT2D eigenvalue weighted by atomic mass is 10.2. The molecule has 0 saturated carbocycles. The van der Waals surface area contributed by atoms with E-state index in [-0.39, 0.29) is 12.7 Å². The van der Waals surface area contributed by atoms with E-state index >= 15 is 0 Å². The molecule has 17 heavy (non-hydrogen) atoms. The van der Waals surface area contributed by atoms with Crippen molar-refractivity contribution in [2.75, 3.05) is 13.2 Å². The molecule has 0 heterocycles. The molecule has 0 amide bonds. The summed E-state index contributed by atoms with van der Waals surface area (Å²) in [5.41, 5.74) is 1.12. The van der Waals surface area contributed by atoms with Gasteiger partial charge in [-0.3, -0.25) is 0 Å². The van der Waals surface area contributed by atoms with Crippen LogP contribution in [0.1, 0.15) is 18.9 Å². The van der Waals surface area contributed by atoms with Crippen molar-refractivity contribution in [1.82, 2.24) is 5.32 Å². The zero-order valence-corrected chi connectivity index (χ0v) is 10.0. The Morgan fingerprint density at radius 3 is 2.71 bits per heavy atom. The molecule has 0 aliphatic rings. The number of nitriles is 1. The molecule has 0 bridgehead atoms. The van der Waals surface area contributed by atoms with Crippen molar-refractivity contribution in [2.24, 2.45) is 0 Å². The van der Waals surface area contributed by atoms with Gasteiger partial charge in [0.05, 0.1) is 6.10 Å². The highest BCUT2D eigenvalue weighted by molar-refractivity contribution is 5.27. The van der Waals surface area contributed by atoms with Crippen molar-refractivity contribution in [3.05, 3.63) is 29.8 Å². The van der Waals surface area contributed by atoms with E-state index in [1.165, 1.54) is 0 Å². The van der Waals surface area contributed by atoms with Crippen LogP contribution < -0.4 is 10.1 Å². The van der Waals surface area contributed by atoms with E-state index in [1.54, 1.807) is 0 Å². The van der Waals surface area contributed by atoms with Crippen LogP contribution in [0.5, 0.6) is 5.75 Å². The fourth-order valence-corrected chi connectivity index (χ4v) is 1.35. The normalized spacial score (nSPS) is 11.8. The van der Waals surface area contributed by atoms with Gasteiger partial charge in [0.1, 0.15) is 11.8 Å². The van der Waals surface area contributed by atoms with E-state index in [0.717, 1.165) is 18.5 Å². The smallest absolute Gasteiger partial charge is 0.174 e. The highest BCUT2D eigenvalue weighted by Crippen LogP contribution is 2.11. The molecule has 92 valence electrons. The van der Waals surface area contributed by atoms with E-state index in [0.29, 0.717) is 12.3 Å². The minimum Gasteiger partial charge on any atom is -0.479 e. The Kier molecular flexibility index (Phi) is 6.08. The Hall–Kier alpha value is -1.57. The van der Waals surface area contributed by atoms with Gasteiger partial charge in [0.15, 0.2) is 6.61 Å². The fraction of sp³-hybridized carbons (Fsp3) is 0.462. The fourth-order valence-electron chi connectivity index (χ4n) is 1.35. The van der Waals surface area contributed by atoms with Crippen molar-refractivity contribution in [1.29, 1.82) is 5.26 Å². The monoisotopic (exact) mass is 234 g/mol. The lowest BCUT2D eigenvalue weighted by Crippen LogP contribution is -2.25. The minimum absolute atomic E-state index is 0.0697. The van der Waals surface area contributed by atoms with Crippen molar-refractivity contribution < 1.29 is 9.84 Å². The van der Waals surface area contributed by atoms with Gasteiger partial charge in [0, 0.05) is 13.1 Å². The Balaban J connectivity index is 2.33. The summed E-state index contributed by atoms with van der Waals surface area (Å²) < 4.78 is 5.15. The topological polar surface area (TPSA) is 65.3 Å². The second-order valence-electron chi connectivity index (χ2n) is 3.78. The van der Waals surface area contributed by atoms with Gasteiger partial charge >= 0.3 is 0 Å². The SMILES string of the molecule is CCC(O)CNCc1ccc(OCC#N)cc1. The number of nitrogens with one attached hydrogen (secondary N) is 1. The largest absolute Gasteiger partial charge is 0.479 e. The molecule has 0 saturated heterocycles. The Labute approximate surface area is 102 Å². The van der Waals surface area contributed by atoms with Crippen LogP contribution in [-0.4, -0.2) is 24.4 Å². The zero-order valence-electron chi connectivity index (χ0n) is 10.0.